The fourth-order valence-electron chi connectivity index (χ4n) is 1.86. The van der Waals surface area contributed by atoms with Crippen molar-refractivity contribution in [3.63, 3.8) is 0 Å². The number of amides is 1. The van der Waals surface area contributed by atoms with E-state index in [4.69, 9.17) is 5.73 Å². The van der Waals surface area contributed by atoms with Crippen molar-refractivity contribution in [1.29, 1.82) is 0 Å². The first kappa shape index (κ1) is 13.0. The maximum absolute atomic E-state index is 11.8. The predicted molar refractivity (Wildman–Crippen MR) is 63.8 cm³/mol. The molecule has 0 radical (unpaired) electrons. The smallest absolute Gasteiger partial charge is 0.272 e. The first-order chi connectivity index (χ1) is 7.22. The van der Waals surface area contributed by atoms with E-state index in [1.165, 1.54) is 0 Å². The van der Waals surface area contributed by atoms with Gasteiger partial charge in [0.1, 0.15) is 0 Å². The summed E-state index contributed by atoms with van der Waals surface area (Å²) in [5, 5.41) is 9.78. The number of hydrogen-bond donors (Lipinski definition) is 3. The minimum absolute atomic E-state index is 0. The molecule has 90 valence electrons. The van der Waals surface area contributed by atoms with Crippen LogP contribution in [0.4, 0.5) is 0 Å². The van der Waals surface area contributed by atoms with E-state index in [2.05, 4.69) is 15.5 Å². The van der Waals surface area contributed by atoms with Crippen LogP contribution in [-0.4, -0.2) is 28.7 Å². The van der Waals surface area contributed by atoms with Gasteiger partial charge >= 0.3 is 0 Å². The van der Waals surface area contributed by atoms with E-state index >= 15 is 0 Å². The normalized spacial score (nSPS) is 15.1. The molecule has 4 N–H and O–H groups in total. The molecule has 1 amide bonds. The molecule has 0 saturated heterocycles. The zero-order valence-electron chi connectivity index (χ0n) is 9.25. The third-order valence-corrected chi connectivity index (χ3v) is 2.75. The van der Waals surface area contributed by atoms with Crippen molar-refractivity contribution in [3.05, 3.63) is 17.0 Å². The quantitative estimate of drug-likeness (QED) is 0.720. The van der Waals surface area contributed by atoms with E-state index in [0.717, 1.165) is 30.5 Å². The Kier molecular flexibility index (Phi) is 4.32. The van der Waals surface area contributed by atoms with Gasteiger partial charge in [-0.2, -0.15) is 5.10 Å². The van der Waals surface area contributed by atoms with E-state index in [1.54, 1.807) is 0 Å². The zero-order chi connectivity index (χ0) is 10.8. The minimum atomic E-state index is -0.118. The number of carbonyl (C=O) groups is 1. The van der Waals surface area contributed by atoms with E-state index in [9.17, 15) is 4.79 Å². The minimum Gasteiger partial charge on any atom is -0.347 e. The highest BCUT2D eigenvalue weighted by atomic mass is 35.5. The third-order valence-electron chi connectivity index (χ3n) is 2.75. The topological polar surface area (TPSA) is 83.8 Å². The molecule has 1 aromatic heterocycles. The molecule has 0 saturated carbocycles. The molecule has 5 nitrogen and oxygen atoms in total. The van der Waals surface area contributed by atoms with Gasteiger partial charge in [-0.25, -0.2) is 0 Å². The molecule has 1 aromatic rings. The Morgan fingerprint density at radius 2 is 2.38 bits per heavy atom. The summed E-state index contributed by atoms with van der Waals surface area (Å²) in [7, 11) is 0. The van der Waals surface area contributed by atoms with Gasteiger partial charge in [-0.15, -0.1) is 12.4 Å². The van der Waals surface area contributed by atoms with Crippen LogP contribution in [0.5, 0.6) is 0 Å². The number of aromatic nitrogens is 2. The average molecular weight is 245 g/mol. The molecule has 1 heterocycles. The Hall–Kier alpha value is -1.07. The highest BCUT2D eigenvalue weighted by Crippen LogP contribution is 2.22. The first-order valence-corrected chi connectivity index (χ1v) is 5.29. The maximum atomic E-state index is 11.8. The van der Waals surface area contributed by atoms with Crippen LogP contribution in [0.2, 0.25) is 0 Å². The molecule has 0 unspecified atom stereocenters. The number of aromatic amines is 1. The SMILES string of the molecule is C[C@@H](CN)NC(=O)c1n[nH]c2c1CCC2.Cl. The second kappa shape index (κ2) is 5.32. The van der Waals surface area contributed by atoms with Crippen molar-refractivity contribution in [2.75, 3.05) is 6.54 Å². The molecule has 0 aromatic carbocycles. The van der Waals surface area contributed by atoms with Crippen LogP contribution in [0.25, 0.3) is 0 Å². The van der Waals surface area contributed by atoms with Gasteiger partial charge in [-0.3, -0.25) is 9.89 Å². The van der Waals surface area contributed by atoms with Crippen molar-refractivity contribution in [3.8, 4) is 0 Å². The lowest BCUT2D eigenvalue weighted by molar-refractivity contribution is 0.0935. The van der Waals surface area contributed by atoms with Crippen LogP contribution >= 0.6 is 12.4 Å². The highest BCUT2D eigenvalue weighted by Gasteiger charge is 2.23. The summed E-state index contributed by atoms with van der Waals surface area (Å²) in [5.74, 6) is -0.118. The van der Waals surface area contributed by atoms with Crippen LogP contribution in [0.3, 0.4) is 0 Å². The summed E-state index contributed by atoms with van der Waals surface area (Å²) in [4.78, 5) is 11.8. The van der Waals surface area contributed by atoms with E-state index < -0.39 is 0 Å². The van der Waals surface area contributed by atoms with E-state index in [1.807, 2.05) is 6.92 Å². The number of fused-ring (bicyclic) bond motifs is 1. The lowest BCUT2D eigenvalue weighted by Gasteiger charge is -2.10. The average Bonchev–Trinajstić information content (AvgIpc) is 2.77. The van der Waals surface area contributed by atoms with Crippen LogP contribution in [0, 0.1) is 0 Å². The van der Waals surface area contributed by atoms with Crippen molar-refractivity contribution < 1.29 is 4.79 Å². The molecule has 0 fully saturated rings. The number of rotatable bonds is 3. The largest absolute Gasteiger partial charge is 0.347 e. The van der Waals surface area contributed by atoms with Crippen molar-refractivity contribution >= 4 is 18.3 Å². The number of nitrogens with two attached hydrogens (primary N) is 1. The number of H-pyrrole nitrogens is 1. The first-order valence-electron chi connectivity index (χ1n) is 5.29. The molecular formula is C10H17ClN4O. The summed E-state index contributed by atoms with van der Waals surface area (Å²) in [6.07, 6.45) is 3.06. The van der Waals surface area contributed by atoms with Crippen LogP contribution < -0.4 is 11.1 Å². The second-order valence-electron chi connectivity index (χ2n) is 3.99. The van der Waals surface area contributed by atoms with Gasteiger partial charge in [-0.1, -0.05) is 0 Å². The van der Waals surface area contributed by atoms with Gasteiger partial charge < -0.3 is 11.1 Å². The van der Waals surface area contributed by atoms with Crippen molar-refractivity contribution in [2.45, 2.75) is 32.2 Å². The van der Waals surface area contributed by atoms with Crippen molar-refractivity contribution in [1.82, 2.24) is 15.5 Å². The molecule has 0 spiro atoms. The number of nitrogens with zero attached hydrogens (tertiary/aromatic N) is 1. The van der Waals surface area contributed by atoms with E-state index in [-0.39, 0.29) is 24.4 Å². The van der Waals surface area contributed by atoms with Crippen LogP contribution in [-0.2, 0) is 12.8 Å². The molecule has 0 bridgehead atoms. The summed E-state index contributed by atoms with van der Waals surface area (Å²) in [6.45, 7) is 2.32. The van der Waals surface area contributed by atoms with E-state index in [0.29, 0.717) is 12.2 Å². The fraction of sp³-hybridized carbons (Fsp3) is 0.600. The Balaban J connectivity index is 0.00000128. The van der Waals surface area contributed by atoms with Crippen molar-refractivity contribution in [2.24, 2.45) is 5.73 Å². The number of halogens is 1. The maximum Gasteiger partial charge on any atom is 0.272 e. The molecule has 6 heteroatoms. The standard InChI is InChI=1S/C10H16N4O.ClH/c1-6(5-11)12-10(15)9-7-3-2-4-8(7)13-14-9;/h6H,2-5,11H2,1H3,(H,12,15)(H,13,14);1H/t6-;/m0./s1. The van der Waals surface area contributed by atoms with Gasteiger partial charge in [0.05, 0.1) is 0 Å². The fourth-order valence-corrected chi connectivity index (χ4v) is 1.86. The lowest BCUT2D eigenvalue weighted by Crippen LogP contribution is -2.38. The van der Waals surface area contributed by atoms with Crippen LogP contribution in [0.15, 0.2) is 0 Å². The summed E-state index contributed by atoms with van der Waals surface area (Å²) in [5.41, 5.74) is 8.18. The monoisotopic (exact) mass is 244 g/mol. The second-order valence-corrected chi connectivity index (χ2v) is 3.99. The van der Waals surface area contributed by atoms with Gasteiger partial charge in [-0.05, 0) is 26.2 Å². The molecular weight excluding hydrogens is 228 g/mol. The number of nitrogens with one attached hydrogen (secondary N) is 2. The number of carbonyl (C=O) groups excluding carboxylic acids is 1. The Bertz CT molecular complexity index is 377. The van der Waals surface area contributed by atoms with Gasteiger partial charge in [0.15, 0.2) is 5.69 Å². The molecule has 1 aliphatic rings. The summed E-state index contributed by atoms with van der Waals surface area (Å²) >= 11 is 0. The molecule has 2 rings (SSSR count). The zero-order valence-corrected chi connectivity index (χ0v) is 10.1. The Labute approximate surface area is 101 Å². The van der Waals surface area contributed by atoms with Gasteiger partial charge in [0.25, 0.3) is 5.91 Å². The Morgan fingerprint density at radius 3 is 3.06 bits per heavy atom. The van der Waals surface area contributed by atoms with Crippen LogP contribution in [0.1, 0.15) is 35.1 Å². The molecule has 1 atom stereocenters. The van der Waals surface area contributed by atoms with Gasteiger partial charge in [0.2, 0.25) is 0 Å². The Morgan fingerprint density at radius 1 is 1.62 bits per heavy atom. The van der Waals surface area contributed by atoms with Gasteiger partial charge in [0, 0.05) is 23.8 Å². The predicted octanol–water partition coefficient (Wildman–Crippen LogP) is 0.397. The number of aryl methyl sites for hydroxylation is 1. The molecule has 1 aliphatic carbocycles. The number of hydrogen-bond acceptors (Lipinski definition) is 3. The molecule has 16 heavy (non-hydrogen) atoms. The lowest BCUT2D eigenvalue weighted by atomic mass is 10.2. The highest BCUT2D eigenvalue weighted by molar-refractivity contribution is 5.94. The summed E-state index contributed by atoms with van der Waals surface area (Å²) < 4.78 is 0. The molecule has 0 aliphatic heterocycles. The summed E-state index contributed by atoms with van der Waals surface area (Å²) in [6, 6.07) is -0.00810. The third kappa shape index (κ3) is 2.36.